The van der Waals surface area contributed by atoms with Crippen molar-refractivity contribution >= 4 is 11.4 Å². The van der Waals surface area contributed by atoms with Crippen molar-refractivity contribution in [3.63, 3.8) is 0 Å². The van der Waals surface area contributed by atoms with Crippen LogP contribution in [0.15, 0.2) is 12.4 Å². The van der Waals surface area contributed by atoms with E-state index in [0.717, 1.165) is 0 Å². The number of aromatic nitrogens is 2. The van der Waals surface area contributed by atoms with E-state index in [1.165, 1.54) is 12.4 Å². The van der Waals surface area contributed by atoms with Gasteiger partial charge < -0.3 is 27.7 Å². The van der Waals surface area contributed by atoms with Crippen molar-refractivity contribution in [3.8, 4) is 23.0 Å². The molecule has 2 aromatic rings. The minimum Gasteiger partial charge on any atom is -0.503 e. The van der Waals surface area contributed by atoms with Crippen LogP contribution in [-0.2, 0) is 25.5 Å². The van der Waals surface area contributed by atoms with Gasteiger partial charge in [-0.1, -0.05) is 0 Å². The SMILES string of the molecule is Cc1c(OS(=O)Oc2c(O)cn(C)c2C)c(O)cn1C. The highest BCUT2D eigenvalue weighted by atomic mass is 32.2. The number of rotatable bonds is 4. The first-order valence-electron chi connectivity index (χ1n) is 5.79. The van der Waals surface area contributed by atoms with E-state index in [4.69, 9.17) is 8.37 Å². The fraction of sp³-hybridized carbons (Fsp3) is 0.333. The van der Waals surface area contributed by atoms with Crippen molar-refractivity contribution < 1.29 is 22.8 Å². The standard InChI is InChI=1S/C12H16N2O5S/c1-7-11(9(15)5-13(7)3)18-20(17)19-12-8(2)14(4)6-10(12)16/h5-6,15-16H,1-4H3. The summed E-state index contributed by atoms with van der Waals surface area (Å²) in [6.07, 6.45) is 2.88. The van der Waals surface area contributed by atoms with E-state index in [2.05, 4.69) is 0 Å². The Balaban J connectivity index is 2.17. The zero-order chi connectivity index (χ0) is 15.0. The topological polar surface area (TPSA) is 85.8 Å². The lowest BCUT2D eigenvalue weighted by Gasteiger charge is -2.06. The van der Waals surface area contributed by atoms with Crippen LogP contribution in [0.4, 0.5) is 0 Å². The maximum absolute atomic E-state index is 11.8. The Morgan fingerprint density at radius 1 is 0.950 bits per heavy atom. The van der Waals surface area contributed by atoms with Crippen molar-refractivity contribution in [2.24, 2.45) is 14.1 Å². The second kappa shape index (κ2) is 5.12. The fourth-order valence-corrected chi connectivity index (χ4v) is 2.45. The van der Waals surface area contributed by atoms with Crippen LogP contribution in [-0.4, -0.2) is 23.6 Å². The Morgan fingerprint density at radius 2 is 1.30 bits per heavy atom. The third kappa shape index (κ3) is 2.46. The van der Waals surface area contributed by atoms with E-state index >= 15 is 0 Å². The number of aromatic hydroxyl groups is 2. The molecule has 2 heterocycles. The maximum atomic E-state index is 11.8. The van der Waals surface area contributed by atoms with Crippen LogP contribution >= 0.6 is 0 Å². The molecule has 0 amide bonds. The molecule has 2 N–H and O–H groups in total. The summed E-state index contributed by atoms with van der Waals surface area (Å²) in [7, 11) is 3.44. The van der Waals surface area contributed by atoms with E-state index in [-0.39, 0.29) is 23.0 Å². The summed E-state index contributed by atoms with van der Waals surface area (Å²) in [5.41, 5.74) is 1.21. The smallest absolute Gasteiger partial charge is 0.418 e. The van der Waals surface area contributed by atoms with Crippen LogP contribution in [0.3, 0.4) is 0 Å². The van der Waals surface area contributed by atoms with Gasteiger partial charge in [0.15, 0.2) is 11.5 Å². The van der Waals surface area contributed by atoms with Crippen LogP contribution in [0.25, 0.3) is 0 Å². The normalized spacial score (nSPS) is 11.1. The highest BCUT2D eigenvalue weighted by Gasteiger charge is 2.19. The molecule has 7 nitrogen and oxygen atoms in total. The van der Waals surface area contributed by atoms with E-state index < -0.39 is 11.4 Å². The van der Waals surface area contributed by atoms with Gasteiger partial charge in [0.05, 0.1) is 11.4 Å². The third-order valence-corrected chi connectivity index (χ3v) is 3.72. The lowest BCUT2D eigenvalue weighted by atomic mass is 10.4. The summed E-state index contributed by atoms with van der Waals surface area (Å²) in [6.45, 7) is 3.41. The molecule has 0 spiro atoms. The van der Waals surface area contributed by atoms with Crippen LogP contribution in [0.1, 0.15) is 11.4 Å². The molecule has 0 unspecified atom stereocenters. The zero-order valence-electron chi connectivity index (χ0n) is 11.6. The number of hydrogen-bond acceptors (Lipinski definition) is 5. The first kappa shape index (κ1) is 14.3. The number of nitrogens with zero attached hydrogens (tertiary/aromatic N) is 2. The molecule has 0 aliphatic carbocycles. The van der Waals surface area contributed by atoms with Crippen molar-refractivity contribution in [1.29, 1.82) is 0 Å². The Morgan fingerprint density at radius 3 is 1.55 bits per heavy atom. The van der Waals surface area contributed by atoms with E-state index in [0.29, 0.717) is 11.4 Å². The Kier molecular flexibility index (Phi) is 3.67. The summed E-state index contributed by atoms with van der Waals surface area (Å²) in [5.74, 6) is -0.0928. The maximum Gasteiger partial charge on any atom is 0.418 e. The quantitative estimate of drug-likeness (QED) is 0.892. The molecule has 0 radical (unpaired) electrons. The predicted molar refractivity (Wildman–Crippen MR) is 73.0 cm³/mol. The van der Waals surface area contributed by atoms with Gasteiger partial charge in [0, 0.05) is 26.5 Å². The molecule has 0 saturated carbocycles. The monoisotopic (exact) mass is 300 g/mol. The van der Waals surface area contributed by atoms with Crippen molar-refractivity contribution in [2.45, 2.75) is 13.8 Å². The minimum atomic E-state index is -2.18. The van der Waals surface area contributed by atoms with Gasteiger partial charge in [0.2, 0.25) is 11.5 Å². The molecule has 0 atom stereocenters. The molecule has 110 valence electrons. The Bertz CT molecular complexity index is 618. The molecular weight excluding hydrogens is 284 g/mol. The van der Waals surface area contributed by atoms with E-state index in [1.54, 1.807) is 37.1 Å². The van der Waals surface area contributed by atoms with E-state index in [9.17, 15) is 14.4 Å². The lowest BCUT2D eigenvalue weighted by molar-refractivity contribution is 0.406. The molecule has 0 aromatic carbocycles. The highest BCUT2D eigenvalue weighted by Crippen LogP contribution is 2.34. The summed E-state index contributed by atoms with van der Waals surface area (Å²) < 4.78 is 25.3. The van der Waals surface area contributed by atoms with Gasteiger partial charge in [-0.2, -0.15) is 4.21 Å². The molecular formula is C12H16N2O5S. The van der Waals surface area contributed by atoms with Crippen molar-refractivity contribution in [2.75, 3.05) is 0 Å². The van der Waals surface area contributed by atoms with Gasteiger partial charge in [-0.05, 0) is 13.8 Å². The van der Waals surface area contributed by atoms with Crippen LogP contribution in [0.2, 0.25) is 0 Å². The fourth-order valence-electron chi connectivity index (χ4n) is 1.73. The summed E-state index contributed by atoms with van der Waals surface area (Å²) >= 11 is -2.18. The number of aryl methyl sites for hydroxylation is 2. The van der Waals surface area contributed by atoms with Crippen molar-refractivity contribution in [1.82, 2.24) is 9.13 Å². The number of hydrogen-bond donors (Lipinski definition) is 2. The molecule has 2 aromatic heterocycles. The van der Waals surface area contributed by atoms with Gasteiger partial charge in [-0.15, -0.1) is 0 Å². The molecule has 2 rings (SSSR count). The van der Waals surface area contributed by atoms with Crippen LogP contribution in [0.5, 0.6) is 23.0 Å². The van der Waals surface area contributed by atoms with Gasteiger partial charge >= 0.3 is 11.4 Å². The van der Waals surface area contributed by atoms with Crippen LogP contribution < -0.4 is 8.37 Å². The largest absolute Gasteiger partial charge is 0.503 e. The van der Waals surface area contributed by atoms with Crippen LogP contribution in [0, 0.1) is 13.8 Å². The second-order valence-corrected chi connectivity index (χ2v) is 5.19. The van der Waals surface area contributed by atoms with E-state index in [1.807, 2.05) is 0 Å². The Hall–Kier alpha value is -2.09. The molecule has 0 aliphatic heterocycles. The van der Waals surface area contributed by atoms with Gasteiger partial charge in [0.25, 0.3) is 0 Å². The zero-order valence-corrected chi connectivity index (χ0v) is 12.4. The molecule has 0 bridgehead atoms. The molecule has 20 heavy (non-hydrogen) atoms. The first-order chi connectivity index (χ1) is 9.31. The molecule has 0 fully saturated rings. The Labute approximate surface area is 118 Å². The van der Waals surface area contributed by atoms with Gasteiger partial charge in [0.1, 0.15) is 0 Å². The predicted octanol–water partition coefficient (Wildman–Crippen LogP) is 1.43. The molecule has 0 aliphatic rings. The minimum absolute atomic E-state index is 0.0823. The molecule has 8 heteroatoms. The van der Waals surface area contributed by atoms with Crippen molar-refractivity contribution in [3.05, 3.63) is 23.8 Å². The molecule has 0 saturated heterocycles. The van der Waals surface area contributed by atoms with Gasteiger partial charge in [-0.25, -0.2) is 0 Å². The van der Waals surface area contributed by atoms with Gasteiger partial charge in [-0.3, -0.25) is 0 Å². The third-order valence-electron chi connectivity index (χ3n) is 3.12. The average molecular weight is 300 g/mol. The second-order valence-electron chi connectivity index (χ2n) is 4.45. The highest BCUT2D eigenvalue weighted by molar-refractivity contribution is 7.76. The summed E-state index contributed by atoms with van der Waals surface area (Å²) in [4.78, 5) is 0. The summed E-state index contributed by atoms with van der Waals surface area (Å²) in [6, 6.07) is 0. The average Bonchev–Trinajstić information content (AvgIpc) is 2.74. The lowest BCUT2D eigenvalue weighted by Crippen LogP contribution is -2.09. The summed E-state index contributed by atoms with van der Waals surface area (Å²) in [5, 5.41) is 19.3. The first-order valence-corrected chi connectivity index (χ1v) is 6.79.